The smallest absolute Gasteiger partial charge is 0.387 e. The third kappa shape index (κ3) is 5.43. The van der Waals surface area contributed by atoms with Crippen molar-refractivity contribution in [1.82, 2.24) is 5.32 Å². The molecule has 0 spiro atoms. The van der Waals surface area contributed by atoms with Gasteiger partial charge in [-0.3, -0.25) is 9.59 Å². The molecule has 2 N–H and O–H groups in total. The predicted octanol–water partition coefficient (Wildman–Crippen LogP) is 3.45. The summed E-state index contributed by atoms with van der Waals surface area (Å²) in [4.78, 5) is 25.2. The Hall–Kier alpha value is -2.61. The van der Waals surface area contributed by atoms with E-state index in [1.807, 2.05) is 24.3 Å². The number of alkyl halides is 2. The Morgan fingerprint density at radius 1 is 1.19 bits per heavy atom. The van der Waals surface area contributed by atoms with Gasteiger partial charge in [-0.05, 0) is 36.2 Å². The summed E-state index contributed by atoms with van der Waals surface area (Å²) in [5.41, 5.74) is 1.65. The zero-order chi connectivity index (χ0) is 19.2. The molecule has 2 aromatic carbocycles. The van der Waals surface area contributed by atoms with Gasteiger partial charge in [0.1, 0.15) is 5.75 Å². The molecule has 2 amide bonds. The molecule has 0 bridgehead atoms. The van der Waals surface area contributed by atoms with E-state index in [-0.39, 0.29) is 24.0 Å². The molecule has 0 saturated heterocycles. The number of anilines is 1. The summed E-state index contributed by atoms with van der Waals surface area (Å²) in [6, 6.07) is 13.7. The second-order valence-corrected chi connectivity index (χ2v) is 7.16. The van der Waals surface area contributed by atoms with Crippen LogP contribution in [0.5, 0.6) is 5.75 Å². The van der Waals surface area contributed by atoms with Crippen LogP contribution in [-0.2, 0) is 16.0 Å². The number of halogens is 2. The number of fused-ring (bicyclic) bond motifs is 1. The minimum atomic E-state index is -2.85. The molecular formula is C19H18F2N2O3S. The Morgan fingerprint density at radius 3 is 2.67 bits per heavy atom. The fourth-order valence-corrected chi connectivity index (χ4v) is 3.76. The normalized spacial score (nSPS) is 15.8. The van der Waals surface area contributed by atoms with E-state index in [1.54, 1.807) is 12.1 Å². The van der Waals surface area contributed by atoms with E-state index in [9.17, 15) is 18.4 Å². The van der Waals surface area contributed by atoms with Crippen LogP contribution in [0.25, 0.3) is 0 Å². The molecule has 5 nitrogen and oxygen atoms in total. The number of benzene rings is 2. The number of rotatable bonds is 7. The summed E-state index contributed by atoms with van der Waals surface area (Å²) in [6.07, 6.45) is 0.638. The lowest BCUT2D eigenvalue weighted by Crippen LogP contribution is -2.35. The predicted molar refractivity (Wildman–Crippen MR) is 99.1 cm³/mol. The van der Waals surface area contributed by atoms with Crippen molar-refractivity contribution >= 4 is 29.3 Å². The van der Waals surface area contributed by atoms with Crippen LogP contribution in [0.2, 0.25) is 0 Å². The van der Waals surface area contributed by atoms with Gasteiger partial charge in [0.05, 0.1) is 10.9 Å². The molecule has 0 unspecified atom stereocenters. The Morgan fingerprint density at radius 2 is 1.93 bits per heavy atom. The molecule has 1 aliphatic heterocycles. The fraction of sp³-hybridized carbons (Fsp3) is 0.263. The first-order chi connectivity index (χ1) is 13.0. The van der Waals surface area contributed by atoms with Crippen LogP contribution < -0.4 is 15.4 Å². The van der Waals surface area contributed by atoms with Crippen molar-refractivity contribution in [3.05, 3.63) is 54.1 Å². The molecule has 1 atom stereocenters. The van der Waals surface area contributed by atoms with Crippen LogP contribution in [0.1, 0.15) is 12.0 Å². The first-order valence-electron chi connectivity index (χ1n) is 8.38. The third-order valence-corrected chi connectivity index (χ3v) is 5.24. The van der Waals surface area contributed by atoms with Gasteiger partial charge in [0.2, 0.25) is 11.8 Å². The van der Waals surface area contributed by atoms with Gasteiger partial charge in [-0.25, -0.2) is 0 Å². The van der Waals surface area contributed by atoms with Crippen molar-refractivity contribution in [1.29, 1.82) is 0 Å². The maximum Gasteiger partial charge on any atom is 0.387 e. The van der Waals surface area contributed by atoms with Gasteiger partial charge in [-0.1, -0.05) is 24.3 Å². The average Bonchev–Trinajstić information content (AvgIpc) is 2.63. The topological polar surface area (TPSA) is 67.4 Å². The molecule has 0 radical (unpaired) electrons. The Balaban J connectivity index is 1.44. The highest BCUT2D eigenvalue weighted by atomic mass is 32.2. The maximum atomic E-state index is 12.1. The highest BCUT2D eigenvalue weighted by Gasteiger charge is 2.28. The van der Waals surface area contributed by atoms with Crippen molar-refractivity contribution in [2.24, 2.45) is 0 Å². The Kier molecular flexibility index (Phi) is 6.28. The van der Waals surface area contributed by atoms with Crippen molar-refractivity contribution < 1.29 is 23.1 Å². The fourth-order valence-electron chi connectivity index (χ4n) is 2.65. The minimum Gasteiger partial charge on any atom is -0.435 e. The lowest BCUT2D eigenvalue weighted by atomic mass is 10.1. The van der Waals surface area contributed by atoms with Crippen LogP contribution in [-0.4, -0.2) is 30.2 Å². The number of carbonyl (C=O) groups excluding carboxylic acids is 2. The van der Waals surface area contributed by atoms with Crippen molar-refractivity contribution in [3.8, 4) is 5.75 Å². The summed E-state index contributed by atoms with van der Waals surface area (Å²) in [7, 11) is 0. The van der Waals surface area contributed by atoms with E-state index in [1.165, 1.54) is 23.9 Å². The molecule has 8 heteroatoms. The van der Waals surface area contributed by atoms with E-state index in [0.717, 1.165) is 16.1 Å². The molecule has 0 aliphatic carbocycles. The first-order valence-corrected chi connectivity index (χ1v) is 9.26. The van der Waals surface area contributed by atoms with E-state index >= 15 is 0 Å². The first kappa shape index (κ1) is 19.2. The number of para-hydroxylation sites is 1. The van der Waals surface area contributed by atoms with Gasteiger partial charge in [-0.2, -0.15) is 8.78 Å². The number of thioether (sulfide) groups is 1. The number of carbonyl (C=O) groups is 2. The number of hydrogen-bond acceptors (Lipinski definition) is 4. The quantitative estimate of drug-likeness (QED) is 0.757. The van der Waals surface area contributed by atoms with Gasteiger partial charge < -0.3 is 15.4 Å². The van der Waals surface area contributed by atoms with Crippen LogP contribution in [0.3, 0.4) is 0 Å². The molecule has 0 fully saturated rings. The molecule has 142 valence electrons. The van der Waals surface area contributed by atoms with E-state index in [2.05, 4.69) is 15.4 Å². The molecule has 2 aromatic rings. The van der Waals surface area contributed by atoms with Crippen LogP contribution in [0, 0.1) is 0 Å². The number of amides is 2. The monoisotopic (exact) mass is 392 g/mol. The molecule has 27 heavy (non-hydrogen) atoms. The molecule has 1 aliphatic rings. The second-order valence-electron chi connectivity index (χ2n) is 5.92. The number of nitrogens with one attached hydrogen (secondary N) is 2. The second kappa shape index (κ2) is 8.85. The van der Waals surface area contributed by atoms with Gasteiger partial charge >= 0.3 is 6.61 Å². The Labute approximate surface area is 159 Å². The summed E-state index contributed by atoms with van der Waals surface area (Å²) in [6.45, 7) is -2.46. The lowest BCUT2D eigenvalue weighted by molar-refractivity contribution is -0.124. The molecule has 0 aromatic heterocycles. The lowest BCUT2D eigenvalue weighted by Gasteiger charge is -2.23. The van der Waals surface area contributed by atoms with Crippen LogP contribution in [0.4, 0.5) is 14.5 Å². The highest BCUT2D eigenvalue weighted by molar-refractivity contribution is 8.01. The SMILES string of the molecule is O=C(C[C@@H]1Sc2ccccc2NC1=O)NCCc1ccc(OC(F)F)cc1. The molecule has 1 heterocycles. The largest absolute Gasteiger partial charge is 0.435 e. The van der Waals surface area contributed by atoms with Crippen LogP contribution >= 0.6 is 11.8 Å². The summed E-state index contributed by atoms with van der Waals surface area (Å²) >= 11 is 1.38. The average molecular weight is 392 g/mol. The van der Waals surface area contributed by atoms with E-state index in [0.29, 0.717) is 13.0 Å². The maximum absolute atomic E-state index is 12.1. The number of hydrogen-bond donors (Lipinski definition) is 2. The van der Waals surface area contributed by atoms with Gasteiger partial charge in [0.25, 0.3) is 0 Å². The zero-order valence-corrected chi connectivity index (χ0v) is 15.1. The number of ether oxygens (including phenoxy) is 1. The third-order valence-electron chi connectivity index (χ3n) is 3.96. The van der Waals surface area contributed by atoms with E-state index < -0.39 is 11.9 Å². The van der Waals surface area contributed by atoms with Crippen molar-refractivity contribution in [2.75, 3.05) is 11.9 Å². The van der Waals surface area contributed by atoms with Crippen molar-refractivity contribution in [3.63, 3.8) is 0 Å². The molecule has 3 rings (SSSR count). The van der Waals surface area contributed by atoms with Gasteiger partial charge in [-0.15, -0.1) is 11.8 Å². The standard InChI is InChI=1S/C19H18F2N2O3S/c20-19(21)26-13-7-5-12(6-8-13)9-10-22-17(24)11-16-18(25)23-14-3-1-2-4-15(14)27-16/h1-8,16,19H,9-11H2,(H,22,24)(H,23,25)/t16-/m0/s1. The summed E-state index contributed by atoms with van der Waals surface area (Å²) in [5, 5.41) is 5.13. The zero-order valence-electron chi connectivity index (χ0n) is 14.3. The van der Waals surface area contributed by atoms with Crippen molar-refractivity contribution in [2.45, 2.75) is 29.6 Å². The minimum absolute atomic E-state index is 0.0893. The summed E-state index contributed by atoms with van der Waals surface area (Å²) in [5.74, 6) is -0.290. The molecule has 0 saturated carbocycles. The Bertz CT molecular complexity index is 815. The van der Waals surface area contributed by atoms with E-state index in [4.69, 9.17) is 0 Å². The van der Waals surface area contributed by atoms with Crippen LogP contribution in [0.15, 0.2) is 53.4 Å². The molecular weight excluding hydrogens is 374 g/mol. The highest BCUT2D eigenvalue weighted by Crippen LogP contribution is 2.36. The van der Waals surface area contributed by atoms with Gasteiger partial charge in [0.15, 0.2) is 0 Å². The summed E-state index contributed by atoms with van der Waals surface area (Å²) < 4.78 is 28.5. The van der Waals surface area contributed by atoms with Gasteiger partial charge in [0, 0.05) is 17.9 Å².